The Bertz CT molecular complexity index is 822. The van der Waals surface area contributed by atoms with Crippen LogP contribution >= 0.6 is 0 Å². The Morgan fingerprint density at radius 1 is 1.17 bits per heavy atom. The smallest absolute Gasteiger partial charge is 0.293 e. The van der Waals surface area contributed by atoms with Crippen LogP contribution in [-0.4, -0.2) is 19.9 Å². The molecule has 0 unspecified atom stereocenters. The Kier molecular flexibility index (Phi) is 4.92. The Labute approximate surface area is 132 Å². The number of primary sulfonamides is 1. The molecule has 2 aromatic rings. The standard InChI is InChI=1S/C14H14FN3O4S/c15-11-3-1-10(2-4-11)7-8-17-13-6-5-12(23(16,21)22)9-14(13)18(19)20/h1-6,9,17H,7-8H2,(H2,16,21,22). The van der Waals surface area contributed by atoms with E-state index < -0.39 is 14.9 Å². The van der Waals surface area contributed by atoms with Gasteiger partial charge in [0.2, 0.25) is 10.0 Å². The lowest BCUT2D eigenvalue weighted by atomic mass is 10.1. The first kappa shape index (κ1) is 16.8. The summed E-state index contributed by atoms with van der Waals surface area (Å²) < 4.78 is 35.3. The number of anilines is 1. The Morgan fingerprint density at radius 2 is 1.83 bits per heavy atom. The third-order valence-electron chi connectivity index (χ3n) is 3.14. The van der Waals surface area contributed by atoms with Gasteiger partial charge in [-0.1, -0.05) is 12.1 Å². The van der Waals surface area contributed by atoms with E-state index in [-0.39, 0.29) is 22.1 Å². The van der Waals surface area contributed by atoms with Crippen LogP contribution in [0, 0.1) is 15.9 Å². The van der Waals surface area contributed by atoms with Crippen LogP contribution in [0.2, 0.25) is 0 Å². The zero-order valence-electron chi connectivity index (χ0n) is 11.9. The van der Waals surface area contributed by atoms with Crippen molar-refractivity contribution in [3.8, 4) is 0 Å². The third-order valence-corrected chi connectivity index (χ3v) is 4.05. The number of benzene rings is 2. The minimum Gasteiger partial charge on any atom is -0.379 e. The Balaban J connectivity index is 2.13. The first-order valence-corrected chi connectivity index (χ1v) is 8.11. The number of sulfonamides is 1. The molecule has 0 aliphatic heterocycles. The molecule has 7 nitrogen and oxygen atoms in total. The van der Waals surface area contributed by atoms with Crippen molar-refractivity contribution < 1.29 is 17.7 Å². The summed E-state index contributed by atoms with van der Waals surface area (Å²) in [7, 11) is -4.01. The van der Waals surface area contributed by atoms with E-state index >= 15 is 0 Å². The zero-order valence-corrected chi connectivity index (χ0v) is 12.7. The summed E-state index contributed by atoms with van der Waals surface area (Å²) in [6.45, 7) is 0.362. The second-order valence-corrected chi connectivity index (χ2v) is 6.35. The molecule has 0 amide bonds. The fourth-order valence-electron chi connectivity index (χ4n) is 1.98. The topological polar surface area (TPSA) is 115 Å². The van der Waals surface area contributed by atoms with Gasteiger partial charge in [-0.25, -0.2) is 17.9 Å². The first-order chi connectivity index (χ1) is 10.8. The number of halogens is 1. The summed E-state index contributed by atoms with van der Waals surface area (Å²) in [4.78, 5) is 10.0. The van der Waals surface area contributed by atoms with E-state index in [4.69, 9.17) is 5.14 Å². The highest BCUT2D eigenvalue weighted by Gasteiger charge is 2.18. The van der Waals surface area contributed by atoms with Crippen molar-refractivity contribution in [2.75, 3.05) is 11.9 Å². The number of nitrogens with one attached hydrogen (secondary N) is 1. The minimum atomic E-state index is -4.01. The fourth-order valence-corrected chi connectivity index (χ4v) is 2.52. The van der Waals surface area contributed by atoms with Gasteiger partial charge in [-0.3, -0.25) is 10.1 Å². The van der Waals surface area contributed by atoms with E-state index in [1.165, 1.54) is 24.3 Å². The molecule has 0 aliphatic rings. The predicted molar refractivity (Wildman–Crippen MR) is 83.1 cm³/mol. The lowest BCUT2D eigenvalue weighted by molar-refractivity contribution is -0.384. The molecule has 0 atom stereocenters. The van der Waals surface area contributed by atoms with Crippen molar-refractivity contribution in [2.45, 2.75) is 11.3 Å². The molecule has 3 N–H and O–H groups in total. The maximum Gasteiger partial charge on any atom is 0.293 e. The van der Waals surface area contributed by atoms with Crippen LogP contribution in [0.15, 0.2) is 47.4 Å². The molecule has 0 spiro atoms. The molecule has 0 aliphatic carbocycles. The fraction of sp³-hybridized carbons (Fsp3) is 0.143. The van der Waals surface area contributed by atoms with Gasteiger partial charge in [0.25, 0.3) is 5.69 Å². The maximum atomic E-state index is 12.8. The van der Waals surface area contributed by atoms with Gasteiger partial charge in [0.15, 0.2) is 0 Å². The second kappa shape index (κ2) is 6.71. The van der Waals surface area contributed by atoms with Crippen molar-refractivity contribution in [1.82, 2.24) is 0 Å². The van der Waals surface area contributed by atoms with Gasteiger partial charge in [-0.15, -0.1) is 0 Å². The molecule has 9 heteroatoms. The number of nitrogens with two attached hydrogens (primary N) is 1. The average molecular weight is 339 g/mol. The van der Waals surface area contributed by atoms with Crippen molar-refractivity contribution in [2.24, 2.45) is 5.14 Å². The van der Waals surface area contributed by atoms with Gasteiger partial charge in [0.05, 0.1) is 9.82 Å². The molecule has 0 radical (unpaired) electrons. The molecule has 0 heterocycles. The summed E-state index contributed by atoms with van der Waals surface area (Å²) >= 11 is 0. The zero-order chi connectivity index (χ0) is 17.0. The Morgan fingerprint density at radius 3 is 2.39 bits per heavy atom. The highest BCUT2D eigenvalue weighted by molar-refractivity contribution is 7.89. The highest BCUT2D eigenvalue weighted by Crippen LogP contribution is 2.27. The van der Waals surface area contributed by atoms with Crippen molar-refractivity contribution in [1.29, 1.82) is 0 Å². The van der Waals surface area contributed by atoms with Crippen LogP contribution < -0.4 is 10.5 Å². The molecule has 0 fully saturated rings. The maximum absolute atomic E-state index is 12.8. The van der Waals surface area contributed by atoms with E-state index in [1.807, 2.05) is 0 Å². The SMILES string of the molecule is NS(=O)(=O)c1ccc(NCCc2ccc(F)cc2)c([N+](=O)[O-])c1. The summed E-state index contributed by atoms with van der Waals surface area (Å²) in [5.74, 6) is -0.337. The molecular weight excluding hydrogens is 325 g/mol. The summed E-state index contributed by atoms with van der Waals surface area (Å²) in [5, 5.41) is 18.9. The van der Waals surface area contributed by atoms with Crippen LogP contribution in [0.4, 0.5) is 15.8 Å². The largest absolute Gasteiger partial charge is 0.379 e. The normalized spacial score (nSPS) is 11.2. The van der Waals surface area contributed by atoms with Gasteiger partial charge < -0.3 is 5.32 Å². The summed E-state index contributed by atoms with van der Waals surface area (Å²) in [6.07, 6.45) is 0.522. The van der Waals surface area contributed by atoms with Gasteiger partial charge >= 0.3 is 0 Å². The van der Waals surface area contributed by atoms with Gasteiger partial charge in [-0.2, -0.15) is 0 Å². The second-order valence-electron chi connectivity index (χ2n) is 4.78. The molecular formula is C14H14FN3O4S. The number of nitro benzene ring substituents is 1. The molecule has 0 bridgehead atoms. The number of hydrogen-bond acceptors (Lipinski definition) is 5. The lowest BCUT2D eigenvalue weighted by Gasteiger charge is -2.08. The average Bonchev–Trinajstić information content (AvgIpc) is 2.48. The van der Waals surface area contributed by atoms with Gasteiger partial charge in [0, 0.05) is 12.6 Å². The van der Waals surface area contributed by atoms with Gasteiger partial charge in [-0.05, 0) is 36.2 Å². The van der Waals surface area contributed by atoms with Crippen molar-refractivity contribution >= 4 is 21.4 Å². The van der Waals surface area contributed by atoms with Crippen LogP contribution in [0.3, 0.4) is 0 Å². The van der Waals surface area contributed by atoms with E-state index in [1.54, 1.807) is 12.1 Å². The minimum absolute atomic E-state index is 0.185. The van der Waals surface area contributed by atoms with E-state index in [0.29, 0.717) is 13.0 Å². The van der Waals surface area contributed by atoms with E-state index in [0.717, 1.165) is 11.6 Å². The van der Waals surface area contributed by atoms with E-state index in [9.17, 15) is 22.9 Å². The predicted octanol–water partition coefficient (Wildman–Crippen LogP) is 2.04. The molecule has 0 aromatic heterocycles. The molecule has 2 rings (SSSR count). The number of nitro groups is 1. The van der Waals surface area contributed by atoms with Crippen LogP contribution in [-0.2, 0) is 16.4 Å². The van der Waals surface area contributed by atoms with Crippen LogP contribution in [0.25, 0.3) is 0 Å². The van der Waals surface area contributed by atoms with Crippen molar-refractivity contribution in [3.05, 3.63) is 64.0 Å². The third kappa shape index (κ3) is 4.47. The van der Waals surface area contributed by atoms with Crippen LogP contribution in [0.5, 0.6) is 0 Å². The summed E-state index contributed by atoms with van der Waals surface area (Å²) in [6, 6.07) is 9.31. The van der Waals surface area contributed by atoms with Crippen molar-refractivity contribution in [3.63, 3.8) is 0 Å². The Hall–Kier alpha value is -2.52. The van der Waals surface area contributed by atoms with Gasteiger partial charge in [0.1, 0.15) is 11.5 Å². The number of rotatable bonds is 6. The molecule has 2 aromatic carbocycles. The molecule has 23 heavy (non-hydrogen) atoms. The number of hydrogen-bond donors (Lipinski definition) is 2. The molecule has 122 valence electrons. The summed E-state index contributed by atoms with van der Waals surface area (Å²) in [5.41, 5.74) is 0.669. The first-order valence-electron chi connectivity index (χ1n) is 6.57. The molecule has 0 saturated carbocycles. The number of nitrogens with zero attached hydrogens (tertiary/aromatic N) is 1. The molecule has 0 saturated heterocycles. The van der Waals surface area contributed by atoms with E-state index in [2.05, 4.69) is 5.32 Å². The lowest BCUT2D eigenvalue weighted by Crippen LogP contribution is -2.13. The monoisotopic (exact) mass is 339 g/mol. The van der Waals surface area contributed by atoms with Crippen LogP contribution in [0.1, 0.15) is 5.56 Å². The highest BCUT2D eigenvalue weighted by atomic mass is 32.2. The quantitative estimate of drug-likeness (QED) is 0.617.